The van der Waals surface area contributed by atoms with Crippen LogP contribution < -0.4 is 10.4 Å². The molecule has 0 amide bonds. The number of pyridine rings is 1. The van der Waals surface area contributed by atoms with Gasteiger partial charge in [-0.1, -0.05) is 26.0 Å². The minimum atomic E-state index is -0.474. The Labute approximate surface area is 287 Å². The van der Waals surface area contributed by atoms with Gasteiger partial charge in [-0.25, -0.2) is 0 Å². The third kappa shape index (κ3) is 6.53. The van der Waals surface area contributed by atoms with Crippen molar-refractivity contribution in [3.63, 3.8) is 0 Å². The Balaban J connectivity index is 1.53. The molecule has 3 fully saturated rings. The molecule has 2 atom stereocenters. The fourth-order valence-corrected chi connectivity index (χ4v) is 7.70. The number of hydrogen-bond donors (Lipinski definition) is 0. The molecule has 2 aromatic heterocycles. The molecule has 9 nitrogen and oxygen atoms in total. The number of anilines is 1. The molecule has 0 saturated carbocycles. The van der Waals surface area contributed by atoms with Gasteiger partial charge in [0.2, 0.25) is 0 Å². The molecule has 3 aliphatic heterocycles. The van der Waals surface area contributed by atoms with E-state index in [1.54, 1.807) is 7.11 Å². The number of nitrogens with zero attached hydrogens (tertiary/aromatic N) is 4. The lowest BCUT2D eigenvalue weighted by atomic mass is 9.77. The van der Waals surface area contributed by atoms with Crippen LogP contribution in [0.25, 0.3) is 22.2 Å². The van der Waals surface area contributed by atoms with Crippen molar-refractivity contribution < 1.29 is 23.6 Å². The van der Waals surface area contributed by atoms with Crippen LogP contribution in [0.4, 0.5) is 5.69 Å². The van der Waals surface area contributed by atoms with Gasteiger partial charge in [-0.3, -0.25) is 14.7 Å². The number of methoxy groups -OCH3 is 1. The molecule has 0 unspecified atom stereocenters. The summed E-state index contributed by atoms with van der Waals surface area (Å²) in [5.41, 5.74) is 6.43. The van der Waals surface area contributed by atoms with E-state index in [4.69, 9.17) is 23.8 Å². The molecule has 260 valence electrons. The van der Waals surface area contributed by atoms with Crippen LogP contribution >= 0.6 is 0 Å². The highest BCUT2D eigenvalue weighted by Crippen LogP contribution is 2.43. The van der Waals surface area contributed by atoms with E-state index in [0.717, 1.165) is 65.2 Å². The molecule has 48 heavy (non-hydrogen) atoms. The fraction of sp³-hybridized carbons (Fsp3) is 0.632. The first-order chi connectivity index (χ1) is 22.6. The maximum atomic E-state index is 11.9. The van der Waals surface area contributed by atoms with Crippen LogP contribution in [0, 0.1) is 5.41 Å². The monoisotopic (exact) mass is 658 g/mol. The largest absolute Gasteiger partial charge is 0.494 e. The number of aryl methyl sites for hydroxylation is 1. The molecule has 3 aromatic rings. The van der Waals surface area contributed by atoms with Crippen LogP contribution in [-0.4, -0.2) is 84.7 Å². The summed E-state index contributed by atoms with van der Waals surface area (Å²) < 4.78 is 27.0. The van der Waals surface area contributed by atoms with Crippen molar-refractivity contribution in [3.05, 3.63) is 41.7 Å². The standard InChI is InChI=1S/C38H55BN4O5/c1-11-43-33-15-14-27(39-47-37(6,7)38(8,9)48-39)19-30(33)32(21-36(4,5)24-46-26(3)44)35(43)31-20-29(22-40-34(31)25(2)45-10)42-18-17-41-16-12-13-28(41)23-42/h14-15,19-20,22,25,28H,11-13,16-18,21,23-24H2,1-10H3/t25-,28+/m0/s1. The first-order valence-corrected chi connectivity index (χ1v) is 17.8. The zero-order valence-corrected chi connectivity index (χ0v) is 30.8. The SMILES string of the molecule is CCn1c(-c2cc(N3CCN4CCC[C@@H]4C3)cnc2[C@H](C)OC)c(CC(C)(C)COC(C)=O)c2cc(B3OC(C)(C)C(C)(C)O3)ccc21. The van der Waals surface area contributed by atoms with Gasteiger partial charge in [0.05, 0.1) is 47.2 Å². The Morgan fingerprint density at radius 1 is 1.12 bits per heavy atom. The summed E-state index contributed by atoms with van der Waals surface area (Å²) in [5, 5.41) is 1.15. The van der Waals surface area contributed by atoms with Gasteiger partial charge in [-0.2, -0.15) is 0 Å². The van der Waals surface area contributed by atoms with Crippen molar-refractivity contribution in [2.24, 2.45) is 5.41 Å². The summed E-state index contributed by atoms with van der Waals surface area (Å²) in [6, 6.07) is 9.55. The average molecular weight is 659 g/mol. The zero-order chi connectivity index (χ0) is 34.6. The summed E-state index contributed by atoms with van der Waals surface area (Å²) >= 11 is 0. The van der Waals surface area contributed by atoms with Crippen molar-refractivity contribution in [3.8, 4) is 11.3 Å². The van der Waals surface area contributed by atoms with Crippen LogP contribution in [0.2, 0.25) is 0 Å². The predicted molar refractivity (Wildman–Crippen MR) is 193 cm³/mol. The zero-order valence-electron chi connectivity index (χ0n) is 30.8. The Morgan fingerprint density at radius 3 is 2.52 bits per heavy atom. The van der Waals surface area contributed by atoms with Crippen LogP contribution in [-0.2, 0) is 36.5 Å². The predicted octanol–water partition coefficient (Wildman–Crippen LogP) is 6.15. The van der Waals surface area contributed by atoms with E-state index in [9.17, 15) is 4.79 Å². The molecule has 3 aliphatic rings. The Morgan fingerprint density at radius 2 is 1.85 bits per heavy atom. The first kappa shape index (κ1) is 34.9. The van der Waals surface area contributed by atoms with Crippen molar-refractivity contribution in [1.82, 2.24) is 14.5 Å². The molecule has 5 heterocycles. The summed E-state index contributed by atoms with van der Waals surface area (Å²) in [6.45, 7) is 23.9. The number of hydrogen-bond acceptors (Lipinski definition) is 8. The topological polar surface area (TPSA) is 78.3 Å². The second-order valence-electron chi connectivity index (χ2n) is 15.8. The molecule has 1 aromatic carbocycles. The molecule has 0 radical (unpaired) electrons. The Bertz CT molecular complexity index is 1650. The smallest absolute Gasteiger partial charge is 0.465 e. The molecule has 0 aliphatic carbocycles. The van der Waals surface area contributed by atoms with Gasteiger partial charge < -0.3 is 28.2 Å². The molecule has 0 N–H and O–H groups in total. The minimum Gasteiger partial charge on any atom is -0.465 e. The third-order valence-electron chi connectivity index (χ3n) is 11.2. The van der Waals surface area contributed by atoms with Gasteiger partial charge in [0.15, 0.2) is 0 Å². The van der Waals surface area contributed by atoms with E-state index < -0.39 is 18.3 Å². The lowest BCUT2D eigenvalue weighted by Gasteiger charge is -2.39. The lowest BCUT2D eigenvalue weighted by molar-refractivity contribution is -0.143. The van der Waals surface area contributed by atoms with Crippen LogP contribution in [0.3, 0.4) is 0 Å². The van der Waals surface area contributed by atoms with E-state index in [2.05, 4.69) is 94.0 Å². The normalized spacial score (nSPS) is 21.6. The average Bonchev–Trinajstić information content (AvgIpc) is 3.70. The molecule has 6 rings (SSSR count). The lowest BCUT2D eigenvalue weighted by Crippen LogP contribution is -2.50. The van der Waals surface area contributed by atoms with Crippen LogP contribution in [0.1, 0.15) is 92.5 Å². The fourth-order valence-electron chi connectivity index (χ4n) is 7.70. The van der Waals surface area contributed by atoms with E-state index in [1.165, 1.54) is 31.9 Å². The van der Waals surface area contributed by atoms with Crippen molar-refractivity contribution in [2.75, 3.05) is 44.8 Å². The van der Waals surface area contributed by atoms with Gasteiger partial charge in [-0.05, 0) is 90.5 Å². The quantitative estimate of drug-likeness (QED) is 0.190. The van der Waals surface area contributed by atoms with Gasteiger partial charge in [0.1, 0.15) is 0 Å². The highest BCUT2D eigenvalue weighted by atomic mass is 16.7. The van der Waals surface area contributed by atoms with Gasteiger partial charge >= 0.3 is 13.1 Å². The number of carbonyl (C=O) groups excluding carboxylic acids is 1. The molecular formula is C38H55BN4O5. The van der Waals surface area contributed by atoms with E-state index >= 15 is 0 Å². The summed E-state index contributed by atoms with van der Waals surface area (Å²) in [6.07, 6.45) is 5.07. The Kier molecular flexibility index (Phi) is 9.52. The highest BCUT2D eigenvalue weighted by Gasteiger charge is 2.51. The number of ether oxygens (including phenoxy) is 2. The maximum Gasteiger partial charge on any atom is 0.494 e. The summed E-state index contributed by atoms with van der Waals surface area (Å²) in [4.78, 5) is 22.2. The number of esters is 1. The number of carbonyl (C=O) groups is 1. The maximum absolute atomic E-state index is 11.9. The van der Waals surface area contributed by atoms with Gasteiger partial charge in [0.25, 0.3) is 0 Å². The van der Waals surface area contributed by atoms with Crippen molar-refractivity contribution >= 4 is 35.1 Å². The molecule has 10 heteroatoms. The third-order valence-corrected chi connectivity index (χ3v) is 11.2. The number of rotatable bonds is 10. The molecule has 3 saturated heterocycles. The summed E-state index contributed by atoms with van der Waals surface area (Å²) in [7, 11) is 1.27. The molecule has 0 spiro atoms. The summed E-state index contributed by atoms with van der Waals surface area (Å²) in [5.74, 6) is -0.266. The molecular weight excluding hydrogens is 603 g/mol. The number of fused-ring (bicyclic) bond motifs is 2. The van der Waals surface area contributed by atoms with E-state index in [-0.39, 0.29) is 17.5 Å². The first-order valence-electron chi connectivity index (χ1n) is 17.8. The van der Waals surface area contributed by atoms with Gasteiger partial charge in [0, 0.05) is 68.1 Å². The van der Waals surface area contributed by atoms with Crippen molar-refractivity contribution in [2.45, 2.75) is 111 Å². The van der Waals surface area contributed by atoms with Crippen LogP contribution in [0.15, 0.2) is 30.5 Å². The van der Waals surface area contributed by atoms with E-state index in [1.807, 2.05) is 6.20 Å². The van der Waals surface area contributed by atoms with Gasteiger partial charge in [-0.15, -0.1) is 0 Å². The molecule has 0 bridgehead atoms. The van der Waals surface area contributed by atoms with Crippen LogP contribution in [0.5, 0.6) is 0 Å². The van der Waals surface area contributed by atoms with E-state index in [0.29, 0.717) is 19.1 Å². The van der Waals surface area contributed by atoms with Crippen molar-refractivity contribution in [1.29, 1.82) is 0 Å². The minimum absolute atomic E-state index is 0.203. The Hall–Kier alpha value is -2.92. The second kappa shape index (κ2) is 13.1. The number of aromatic nitrogens is 2. The number of piperazine rings is 1. The second-order valence-corrected chi connectivity index (χ2v) is 15.8. The highest BCUT2D eigenvalue weighted by molar-refractivity contribution is 6.62. The number of benzene rings is 1.